The fourth-order valence-electron chi connectivity index (χ4n) is 1.95. The van der Waals surface area contributed by atoms with Crippen molar-refractivity contribution in [2.75, 3.05) is 5.73 Å². The molecule has 3 aromatic rings. The molecular weight excluding hydrogens is 238 g/mol. The van der Waals surface area contributed by atoms with E-state index in [1.54, 1.807) is 6.20 Å². The quantitative estimate of drug-likeness (QED) is 0.758. The molecule has 0 saturated heterocycles. The normalized spacial score (nSPS) is 10.6. The third-order valence-corrected chi connectivity index (χ3v) is 2.87. The molecule has 2 aromatic heterocycles. The van der Waals surface area contributed by atoms with Gasteiger partial charge in [0.15, 0.2) is 0 Å². The van der Waals surface area contributed by atoms with Crippen LogP contribution in [-0.2, 0) is 0 Å². The minimum atomic E-state index is 0.268. The molecule has 0 unspecified atom stereocenters. The molecule has 19 heavy (non-hydrogen) atoms. The molecule has 0 aliphatic heterocycles. The van der Waals surface area contributed by atoms with Crippen molar-refractivity contribution in [3.8, 4) is 16.9 Å². The van der Waals surface area contributed by atoms with Gasteiger partial charge in [-0.05, 0) is 25.1 Å². The molecule has 0 spiro atoms. The van der Waals surface area contributed by atoms with E-state index in [0.717, 1.165) is 22.6 Å². The van der Waals surface area contributed by atoms with Gasteiger partial charge in [-0.2, -0.15) is 5.10 Å². The second kappa shape index (κ2) is 4.53. The van der Waals surface area contributed by atoms with E-state index in [1.165, 1.54) is 0 Å². The van der Waals surface area contributed by atoms with Crippen LogP contribution in [0, 0.1) is 6.92 Å². The summed E-state index contributed by atoms with van der Waals surface area (Å²) in [6.07, 6.45) is 3.60. The zero-order chi connectivity index (χ0) is 13.2. The van der Waals surface area contributed by atoms with Crippen molar-refractivity contribution in [3.05, 3.63) is 54.5 Å². The van der Waals surface area contributed by atoms with Gasteiger partial charge in [-0.3, -0.25) is 0 Å². The summed E-state index contributed by atoms with van der Waals surface area (Å²) in [5.74, 6) is 0.268. The molecular formula is C14H13N5. The second-order valence-electron chi connectivity index (χ2n) is 4.21. The minimum Gasteiger partial charge on any atom is -0.368 e. The van der Waals surface area contributed by atoms with Gasteiger partial charge in [0, 0.05) is 18.0 Å². The first kappa shape index (κ1) is 11.4. The Kier molecular flexibility index (Phi) is 2.72. The number of hydrogen-bond acceptors (Lipinski definition) is 4. The van der Waals surface area contributed by atoms with Gasteiger partial charge in [-0.1, -0.05) is 18.2 Å². The van der Waals surface area contributed by atoms with Crippen molar-refractivity contribution >= 4 is 5.95 Å². The molecule has 5 heteroatoms. The summed E-state index contributed by atoms with van der Waals surface area (Å²) in [4.78, 5) is 8.12. The van der Waals surface area contributed by atoms with Gasteiger partial charge in [0.1, 0.15) is 0 Å². The van der Waals surface area contributed by atoms with Crippen molar-refractivity contribution in [2.45, 2.75) is 6.92 Å². The van der Waals surface area contributed by atoms with Crippen molar-refractivity contribution < 1.29 is 0 Å². The lowest BCUT2D eigenvalue weighted by Gasteiger charge is -1.99. The van der Waals surface area contributed by atoms with Gasteiger partial charge in [0.2, 0.25) is 5.95 Å². The van der Waals surface area contributed by atoms with Crippen LogP contribution in [-0.4, -0.2) is 19.7 Å². The van der Waals surface area contributed by atoms with Crippen LogP contribution in [0.4, 0.5) is 5.95 Å². The van der Waals surface area contributed by atoms with E-state index in [2.05, 4.69) is 15.1 Å². The third kappa shape index (κ3) is 2.18. The number of nitrogens with two attached hydrogens (primary N) is 1. The van der Waals surface area contributed by atoms with Crippen LogP contribution in [0.25, 0.3) is 16.9 Å². The van der Waals surface area contributed by atoms with Crippen molar-refractivity contribution in [1.29, 1.82) is 0 Å². The molecule has 2 heterocycles. The highest BCUT2D eigenvalue weighted by atomic mass is 15.3. The van der Waals surface area contributed by atoms with Crippen molar-refractivity contribution in [3.63, 3.8) is 0 Å². The lowest BCUT2D eigenvalue weighted by atomic mass is 10.2. The van der Waals surface area contributed by atoms with Crippen molar-refractivity contribution in [2.24, 2.45) is 0 Å². The highest BCUT2D eigenvalue weighted by molar-refractivity contribution is 5.62. The maximum atomic E-state index is 5.61. The molecule has 2 N–H and O–H groups in total. The topological polar surface area (TPSA) is 69.6 Å². The summed E-state index contributed by atoms with van der Waals surface area (Å²) in [7, 11) is 0. The maximum absolute atomic E-state index is 5.61. The summed E-state index contributed by atoms with van der Waals surface area (Å²) in [6, 6.07) is 11.8. The summed E-state index contributed by atoms with van der Waals surface area (Å²) in [5.41, 5.74) is 9.27. The van der Waals surface area contributed by atoms with Crippen LogP contribution < -0.4 is 5.73 Å². The first-order chi connectivity index (χ1) is 9.24. The Morgan fingerprint density at radius 3 is 2.63 bits per heavy atom. The smallest absolute Gasteiger partial charge is 0.220 e. The van der Waals surface area contributed by atoms with E-state index in [1.807, 2.05) is 54.2 Å². The summed E-state index contributed by atoms with van der Waals surface area (Å²) >= 11 is 0. The molecule has 0 radical (unpaired) electrons. The Hall–Kier alpha value is -2.69. The van der Waals surface area contributed by atoms with E-state index >= 15 is 0 Å². The SMILES string of the molecule is Cc1nn(-c2ccccc2)cc1-c1ccnc(N)n1. The molecule has 3 rings (SSSR count). The molecule has 5 nitrogen and oxygen atoms in total. The average molecular weight is 251 g/mol. The van der Waals surface area contributed by atoms with Crippen LogP contribution in [0.15, 0.2) is 48.8 Å². The van der Waals surface area contributed by atoms with Crippen molar-refractivity contribution in [1.82, 2.24) is 19.7 Å². The molecule has 0 aliphatic carbocycles. The summed E-state index contributed by atoms with van der Waals surface area (Å²) in [6.45, 7) is 1.95. The number of para-hydroxylation sites is 1. The van der Waals surface area contributed by atoms with Crippen LogP contribution >= 0.6 is 0 Å². The molecule has 0 fully saturated rings. The molecule has 0 atom stereocenters. The molecule has 1 aromatic carbocycles. The Balaban J connectivity index is 2.08. The number of rotatable bonds is 2. The summed E-state index contributed by atoms with van der Waals surface area (Å²) in [5, 5.41) is 4.50. The van der Waals surface area contributed by atoms with E-state index in [-0.39, 0.29) is 5.95 Å². The highest BCUT2D eigenvalue weighted by Gasteiger charge is 2.10. The number of nitrogen functional groups attached to an aromatic ring is 1. The molecule has 94 valence electrons. The monoisotopic (exact) mass is 251 g/mol. The van der Waals surface area contributed by atoms with Crippen LogP contribution in [0.5, 0.6) is 0 Å². The zero-order valence-electron chi connectivity index (χ0n) is 10.5. The Bertz CT molecular complexity index is 703. The Morgan fingerprint density at radius 2 is 1.89 bits per heavy atom. The van der Waals surface area contributed by atoms with Crippen LogP contribution in [0.2, 0.25) is 0 Å². The Labute approximate surface area is 110 Å². The van der Waals surface area contributed by atoms with Gasteiger partial charge in [-0.25, -0.2) is 14.6 Å². The van der Waals surface area contributed by atoms with Gasteiger partial charge >= 0.3 is 0 Å². The number of aromatic nitrogens is 4. The summed E-state index contributed by atoms with van der Waals surface area (Å²) < 4.78 is 1.84. The maximum Gasteiger partial charge on any atom is 0.220 e. The largest absolute Gasteiger partial charge is 0.368 e. The van der Waals surface area contributed by atoms with E-state index in [0.29, 0.717) is 0 Å². The second-order valence-corrected chi connectivity index (χ2v) is 4.21. The van der Waals surface area contributed by atoms with Gasteiger partial charge in [0.05, 0.1) is 17.1 Å². The molecule has 0 saturated carbocycles. The van der Waals surface area contributed by atoms with Crippen LogP contribution in [0.3, 0.4) is 0 Å². The standard InChI is InChI=1S/C14H13N5/c1-10-12(13-7-8-16-14(15)17-13)9-19(18-10)11-5-3-2-4-6-11/h2-9H,1H3,(H2,15,16,17). The number of aryl methyl sites for hydroxylation is 1. The van der Waals surface area contributed by atoms with E-state index in [4.69, 9.17) is 5.73 Å². The van der Waals surface area contributed by atoms with Gasteiger partial charge < -0.3 is 5.73 Å². The van der Waals surface area contributed by atoms with Crippen LogP contribution in [0.1, 0.15) is 5.69 Å². The highest BCUT2D eigenvalue weighted by Crippen LogP contribution is 2.22. The first-order valence-corrected chi connectivity index (χ1v) is 5.94. The zero-order valence-corrected chi connectivity index (χ0v) is 10.5. The third-order valence-electron chi connectivity index (χ3n) is 2.87. The number of anilines is 1. The van der Waals surface area contributed by atoms with E-state index < -0.39 is 0 Å². The predicted octanol–water partition coefficient (Wildman–Crippen LogP) is 2.22. The molecule has 0 bridgehead atoms. The molecule has 0 amide bonds. The average Bonchev–Trinajstić information content (AvgIpc) is 2.82. The lowest BCUT2D eigenvalue weighted by Crippen LogP contribution is -1.95. The number of hydrogen-bond donors (Lipinski definition) is 1. The fourth-order valence-corrected chi connectivity index (χ4v) is 1.95. The van der Waals surface area contributed by atoms with Gasteiger partial charge in [0.25, 0.3) is 0 Å². The van der Waals surface area contributed by atoms with E-state index in [9.17, 15) is 0 Å². The lowest BCUT2D eigenvalue weighted by molar-refractivity contribution is 0.863. The predicted molar refractivity (Wildman–Crippen MR) is 73.7 cm³/mol. The minimum absolute atomic E-state index is 0.268. The number of benzene rings is 1. The first-order valence-electron chi connectivity index (χ1n) is 5.94. The molecule has 0 aliphatic rings. The number of nitrogens with zero attached hydrogens (tertiary/aromatic N) is 4. The fraction of sp³-hybridized carbons (Fsp3) is 0.0714. The Morgan fingerprint density at radius 1 is 1.11 bits per heavy atom. The van der Waals surface area contributed by atoms with Gasteiger partial charge in [-0.15, -0.1) is 0 Å².